The van der Waals surface area contributed by atoms with Crippen LogP contribution in [0.15, 0.2) is 17.5 Å². The molecule has 1 aliphatic carbocycles. The van der Waals surface area contributed by atoms with Gasteiger partial charge in [0, 0.05) is 10.9 Å². The van der Waals surface area contributed by atoms with E-state index in [1.54, 1.807) is 11.3 Å². The molecule has 1 N–H and O–H groups in total. The van der Waals surface area contributed by atoms with Gasteiger partial charge in [0.25, 0.3) is 0 Å². The smallest absolute Gasteiger partial charge is 0.225 e. The van der Waals surface area contributed by atoms with Crippen molar-refractivity contribution in [2.45, 2.75) is 45.1 Å². The lowest BCUT2D eigenvalue weighted by atomic mass is 9.87. The van der Waals surface area contributed by atoms with Gasteiger partial charge in [0.1, 0.15) is 0 Å². The Morgan fingerprint density at radius 3 is 2.81 bits per heavy atom. The molecule has 1 aromatic rings. The molecule has 2 rings (SSSR count). The van der Waals surface area contributed by atoms with Gasteiger partial charge in [0.2, 0.25) is 5.91 Å². The summed E-state index contributed by atoms with van der Waals surface area (Å²) in [6, 6.07) is 4.44. The van der Waals surface area contributed by atoms with Gasteiger partial charge in [-0.15, -0.1) is 11.3 Å². The van der Waals surface area contributed by atoms with Gasteiger partial charge in [-0.05, 0) is 43.0 Å². The van der Waals surface area contributed by atoms with Crippen molar-refractivity contribution < 1.29 is 4.79 Å². The molecule has 1 aromatic heterocycles. The van der Waals surface area contributed by atoms with Crippen LogP contribution in [-0.2, 0) is 11.2 Å². The van der Waals surface area contributed by atoms with E-state index in [9.17, 15) is 4.79 Å². The Hall–Kier alpha value is -0.830. The Morgan fingerprint density at radius 2 is 2.19 bits per heavy atom. The quantitative estimate of drug-likeness (QED) is 0.860. The maximum Gasteiger partial charge on any atom is 0.225 e. The summed E-state index contributed by atoms with van der Waals surface area (Å²) >= 11 is 1.65. The maximum absolute atomic E-state index is 11.8. The third kappa shape index (κ3) is 3.34. The van der Waals surface area contributed by atoms with E-state index in [-0.39, 0.29) is 5.91 Å². The molecule has 1 aliphatic rings. The first-order valence-electron chi connectivity index (χ1n) is 6.06. The Bertz CT molecular complexity index is 326. The van der Waals surface area contributed by atoms with Crippen molar-refractivity contribution in [3.63, 3.8) is 0 Å². The van der Waals surface area contributed by atoms with Gasteiger partial charge in [0.15, 0.2) is 0 Å². The third-order valence-corrected chi connectivity index (χ3v) is 4.17. The molecule has 0 aromatic carbocycles. The number of amides is 1. The van der Waals surface area contributed by atoms with E-state index >= 15 is 0 Å². The molecular weight excluding hydrogens is 218 g/mol. The Morgan fingerprint density at radius 1 is 1.44 bits per heavy atom. The molecule has 0 spiro atoms. The minimum atomic E-state index is 0.182. The Kier molecular flexibility index (Phi) is 3.99. The number of hydrogen-bond acceptors (Lipinski definition) is 2. The summed E-state index contributed by atoms with van der Waals surface area (Å²) in [6.45, 7) is 2.30. The van der Waals surface area contributed by atoms with Crippen LogP contribution in [0.4, 0.5) is 0 Å². The van der Waals surface area contributed by atoms with E-state index < -0.39 is 0 Å². The Labute approximate surface area is 101 Å². The van der Waals surface area contributed by atoms with Crippen LogP contribution in [0.5, 0.6) is 0 Å². The summed E-state index contributed by atoms with van der Waals surface area (Å²) in [5, 5.41) is 5.16. The highest BCUT2D eigenvalue weighted by Gasteiger charge is 2.19. The van der Waals surface area contributed by atoms with Gasteiger partial charge in [-0.3, -0.25) is 4.79 Å². The maximum atomic E-state index is 11.8. The van der Waals surface area contributed by atoms with E-state index in [1.807, 2.05) is 17.5 Å². The normalized spacial score (nSPS) is 25.3. The average Bonchev–Trinajstić information content (AvgIpc) is 2.74. The summed E-state index contributed by atoms with van der Waals surface area (Å²) in [5.74, 6) is 1.02. The predicted molar refractivity (Wildman–Crippen MR) is 67.6 cm³/mol. The largest absolute Gasteiger partial charge is 0.353 e. The minimum Gasteiger partial charge on any atom is -0.353 e. The summed E-state index contributed by atoms with van der Waals surface area (Å²) in [5.41, 5.74) is 0. The van der Waals surface area contributed by atoms with Crippen molar-refractivity contribution in [3.8, 4) is 0 Å². The summed E-state index contributed by atoms with van der Waals surface area (Å²) < 4.78 is 0. The molecule has 1 saturated carbocycles. The lowest BCUT2D eigenvalue weighted by Crippen LogP contribution is -2.38. The molecule has 0 radical (unpaired) electrons. The molecule has 2 nitrogen and oxygen atoms in total. The van der Waals surface area contributed by atoms with Crippen LogP contribution in [0.2, 0.25) is 0 Å². The highest BCUT2D eigenvalue weighted by Crippen LogP contribution is 2.23. The fourth-order valence-electron chi connectivity index (χ4n) is 2.25. The topological polar surface area (TPSA) is 29.1 Å². The zero-order valence-electron chi connectivity index (χ0n) is 9.74. The van der Waals surface area contributed by atoms with E-state index in [2.05, 4.69) is 12.2 Å². The van der Waals surface area contributed by atoms with Gasteiger partial charge in [-0.2, -0.15) is 0 Å². The first kappa shape index (κ1) is 11.6. The zero-order valence-corrected chi connectivity index (χ0v) is 10.6. The van der Waals surface area contributed by atoms with Crippen LogP contribution in [0, 0.1) is 5.92 Å². The second kappa shape index (κ2) is 5.48. The molecular formula is C13H19NOS. The molecule has 0 aliphatic heterocycles. The van der Waals surface area contributed by atoms with Crippen LogP contribution in [0.1, 0.15) is 37.5 Å². The molecule has 88 valence electrons. The predicted octanol–water partition coefficient (Wildman–Crippen LogP) is 2.99. The first-order valence-corrected chi connectivity index (χ1v) is 6.94. The molecule has 3 heteroatoms. The van der Waals surface area contributed by atoms with E-state index in [1.165, 1.54) is 12.8 Å². The number of hydrogen-bond donors (Lipinski definition) is 1. The zero-order chi connectivity index (χ0) is 11.4. The number of carbonyl (C=O) groups is 1. The third-order valence-electron chi connectivity index (χ3n) is 3.30. The summed E-state index contributed by atoms with van der Waals surface area (Å²) in [6.07, 6.45) is 5.35. The highest BCUT2D eigenvalue weighted by molar-refractivity contribution is 7.10. The first-order chi connectivity index (χ1) is 7.74. The van der Waals surface area contributed by atoms with Crippen LogP contribution >= 0.6 is 11.3 Å². The molecule has 0 atom stereocenters. The van der Waals surface area contributed by atoms with Gasteiger partial charge < -0.3 is 5.32 Å². The summed E-state index contributed by atoms with van der Waals surface area (Å²) in [7, 11) is 0. The van der Waals surface area contributed by atoms with Gasteiger partial charge >= 0.3 is 0 Å². The number of carbonyl (C=O) groups excluding carboxylic acids is 1. The standard InChI is InChI=1S/C13H19NOS/c1-10-4-6-11(7-5-10)14-13(15)9-12-3-2-8-16-12/h2-3,8,10-11H,4-7,9H2,1H3,(H,14,15). The second-order valence-electron chi connectivity index (χ2n) is 4.78. The Balaban J connectivity index is 1.75. The number of thiophene rings is 1. The molecule has 1 heterocycles. The second-order valence-corrected chi connectivity index (χ2v) is 5.81. The van der Waals surface area contributed by atoms with Crippen molar-refractivity contribution in [2.24, 2.45) is 5.92 Å². The molecule has 0 bridgehead atoms. The number of rotatable bonds is 3. The van der Waals surface area contributed by atoms with E-state index in [0.717, 1.165) is 23.6 Å². The van der Waals surface area contributed by atoms with Crippen LogP contribution in [0.3, 0.4) is 0 Å². The lowest BCUT2D eigenvalue weighted by molar-refractivity contribution is -0.121. The van der Waals surface area contributed by atoms with Gasteiger partial charge in [-0.25, -0.2) is 0 Å². The average molecular weight is 237 g/mol. The van der Waals surface area contributed by atoms with Crippen molar-refractivity contribution in [1.82, 2.24) is 5.32 Å². The van der Waals surface area contributed by atoms with Crippen molar-refractivity contribution >= 4 is 17.2 Å². The molecule has 1 amide bonds. The van der Waals surface area contributed by atoms with Crippen LogP contribution in [0.25, 0.3) is 0 Å². The molecule has 16 heavy (non-hydrogen) atoms. The SMILES string of the molecule is CC1CCC(NC(=O)Cc2cccs2)CC1. The molecule has 0 unspecified atom stereocenters. The van der Waals surface area contributed by atoms with Gasteiger partial charge in [0.05, 0.1) is 6.42 Å². The fraction of sp³-hybridized carbons (Fsp3) is 0.615. The molecule has 0 saturated heterocycles. The van der Waals surface area contributed by atoms with Crippen molar-refractivity contribution in [2.75, 3.05) is 0 Å². The van der Waals surface area contributed by atoms with Crippen LogP contribution < -0.4 is 5.32 Å². The van der Waals surface area contributed by atoms with E-state index in [0.29, 0.717) is 12.5 Å². The van der Waals surface area contributed by atoms with Crippen molar-refractivity contribution in [1.29, 1.82) is 0 Å². The van der Waals surface area contributed by atoms with E-state index in [4.69, 9.17) is 0 Å². The molecule has 1 fully saturated rings. The lowest BCUT2D eigenvalue weighted by Gasteiger charge is -2.26. The van der Waals surface area contributed by atoms with Crippen LogP contribution in [-0.4, -0.2) is 11.9 Å². The fourth-order valence-corrected chi connectivity index (χ4v) is 2.96. The monoisotopic (exact) mass is 237 g/mol. The number of nitrogens with one attached hydrogen (secondary N) is 1. The minimum absolute atomic E-state index is 0.182. The summed E-state index contributed by atoms with van der Waals surface area (Å²) in [4.78, 5) is 12.9. The highest BCUT2D eigenvalue weighted by atomic mass is 32.1. The van der Waals surface area contributed by atoms with Gasteiger partial charge in [-0.1, -0.05) is 13.0 Å². The van der Waals surface area contributed by atoms with Crippen molar-refractivity contribution in [3.05, 3.63) is 22.4 Å².